The van der Waals surface area contributed by atoms with Gasteiger partial charge in [-0.2, -0.15) is 9.40 Å². The molecule has 0 aliphatic rings. The van der Waals surface area contributed by atoms with Gasteiger partial charge in [-0.15, -0.1) is 0 Å². The van der Waals surface area contributed by atoms with Crippen molar-refractivity contribution in [3.8, 4) is 0 Å². The summed E-state index contributed by atoms with van der Waals surface area (Å²) < 4.78 is 51.5. The molecule has 108 valence electrons. The van der Waals surface area contributed by atoms with E-state index in [1.807, 2.05) is 0 Å². The van der Waals surface area contributed by atoms with Crippen LogP contribution in [0.3, 0.4) is 0 Å². The molecule has 0 aliphatic carbocycles. The minimum Gasteiger partial charge on any atom is -0.281 e. The van der Waals surface area contributed by atoms with Crippen LogP contribution in [0.5, 0.6) is 0 Å². The van der Waals surface area contributed by atoms with Gasteiger partial charge in [-0.1, -0.05) is 6.07 Å². The molecule has 0 spiro atoms. The van der Waals surface area contributed by atoms with Crippen LogP contribution < -0.4 is 0 Å². The number of hydrogen-bond donors (Lipinski definition) is 1. The Morgan fingerprint density at radius 1 is 1.30 bits per heavy atom. The summed E-state index contributed by atoms with van der Waals surface area (Å²) in [5.41, 5.74) is 0.776. The molecule has 0 atom stereocenters. The van der Waals surface area contributed by atoms with Crippen molar-refractivity contribution < 1.29 is 17.2 Å². The quantitative estimate of drug-likeness (QED) is 0.936. The number of aromatic nitrogens is 2. The average Bonchev–Trinajstić information content (AvgIpc) is 2.80. The first-order valence-corrected chi connectivity index (χ1v) is 7.16. The first-order chi connectivity index (χ1) is 9.32. The summed E-state index contributed by atoms with van der Waals surface area (Å²) in [6.07, 6.45) is 1.21. The standard InChI is InChI=1S/C12H13F2N3O2S/c1-8-12(6-15-16-8)20(18,19)17(2)7-9-3-4-10(13)11(14)5-9/h3-6H,7H2,1-2H3,(H,15,16). The number of aryl methyl sites for hydroxylation is 1. The highest BCUT2D eigenvalue weighted by atomic mass is 32.2. The molecule has 1 aromatic carbocycles. The Balaban J connectivity index is 2.25. The van der Waals surface area contributed by atoms with E-state index < -0.39 is 21.7 Å². The molecule has 5 nitrogen and oxygen atoms in total. The third kappa shape index (κ3) is 2.70. The van der Waals surface area contributed by atoms with Gasteiger partial charge in [0.1, 0.15) is 4.90 Å². The Morgan fingerprint density at radius 3 is 2.55 bits per heavy atom. The SMILES string of the molecule is Cc1[nH]ncc1S(=O)(=O)N(C)Cc1ccc(F)c(F)c1. The molecule has 0 radical (unpaired) electrons. The molecule has 0 aliphatic heterocycles. The number of nitrogens with one attached hydrogen (secondary N) is 1. The van der Waals surface area contributed by atoms with Gasteiger partial charge in [0.05, 0.1) is 11.9 Å². The maximum absolute atomic E-state index is 13.1. The van der Waals surface area contributed by atoms with E-state index in [2.05, 4.69) is 10.2 Å². The van der Waals surface area contributed by atoms with Gasteiger partial charge in [-0.3, -0.25) is 5.10 Å². The number of rotatable bonds is 4. The van der Waals surface area contributed by atoms with E-state index in [0.29, 0.717) is 11.3 Å². The minimum absolute atomic E-state index is 0.0579. The predicted octanol–water partition coefficient (Wildman–Crippen LogP) is 1.82. The van der Waals surface area contributed by atoms with Crippen molar-refractivity contribution in [3.63, 3.8) is 0 Å². The van der Waals surface area contributed by atoms with Crippen LogP contribution in [0.1, 0.15) is 11.3 Å². The summed E-state index contributed by atoms with van der Waals surface area (Å²) in [5.74, 6) is -1.97. The highest BCUT2D eigenvalue weighted by Crippen LogP contribution is 2.19. The van der Waals surface area contributed by atoms with Gasteiger partial charge in [-0.25, -0.2) is 17.2 Å². The first kappa shape index (κ1) is 14.6. The highest BCUT2D eigenvalue weighted by Gasteiger charge is 2.24. The zero-order valence-corrected chi connectivity index (χ0v) is 11.7. The van der Waals surface area contributed by atoms with Crippen molar-refractivity contribution in [2.24, 2.45) is 0 Å². The molecule has 1 aromatic heterocycles. The lowest BCUT2D eigenvalue weighted by Crippen LogP contribution is -2.26. The Bertz CT molecular complexity index is 728. The second kappa shape index (κ2) is 5.29. The zero-order valence-electron chi connectivity index (χ0n) is 10.9. The van der Waals surface area contributed by atoms with Crippen molar-refractivity contribution >= 4 is 10.0 Å². The number of nitrogens with zero attached hydrogens (tertiary/aromatic N) is 2. The first-order valence-electron chi connectivity index (χ1n) is 5.72. The van der Waals surface area contributed by atoms with E-state index >= 15 is 0 Å². The molecule has 0 saturated carbocycles. The number of halogens is 2. The summed E-state index contributed by atoms with van der Waals surface area (Å²) in [4.78, 5) is 0.0579. The van der Waals surface area contributed by atoms with Crippen molar-refractivity contribution in [2.45, 2.75) is 18.4 Å². The van der Waals surface area contributed by atoms with Gasteiger partial charge in [0.25, 0.3) is 0 Å². The molecule has 20 heavy (non-hydrogen) atoms. The van der Waals surface area contributed by atoms with Gasteiger partial charge >= 0.3 is 0 Å². The highest BCUT2D eigenvalue weighted by molar-refractivity contribution is 7.89. The van der Waals surface area contributed by atoms with E-state index in [9.17, 15) is 17.2 Å². The van der Waals surface area contributed by atoms with Crippen molar-refractivity contribution in [1.29, 1.82) is 0 Å². The number of sulfonamides is 1. The number of H-pyrrole nitrogens is 1. The van der Waals surface area contributed by atoms with Crippen LogP contribution in [0.25, 0.3) is 0 Å². The summed E-state index contributed by atoms with van der Waals surface area (Å²) in [7, 11) is -2.36. The molecular weight excluding hydrogens is 288 g/mol. The molecule has 1 heterocycles. The lowest BCUT2D eigenvalue weighted by molar-refractivity contribution is 0.461. The predicted molar refractivity (Wildman–Crippen MR) is 68.3 cm³/mol. The third-order valence-corrected chi connectivity index (χ3v) is 4.78. The van der Waals surface area contributed by atoms with Crippen LogP contribution in [0.4, 0.5) is 8.78 Å². The second-order valence-electron chi connectivity index (χ2n) is 4.37. The molecule has 2 rings (SSSR count). The molecule has 0 unspecified atom stereocenters. The molecule has 0 fully saturated rings. The third-order valence-electron chi connectivity index (χ3n) is 2.86. The zero-order chi connectivity index (χ0) is 14.9. The lowest BCUT2D eigenvalue weighted by Gasteiger charge is -2.16. The lowest BCUT2D eigenvalue weighted by atomic mass is 10.2. The fourth-order valence-corrected chi connectivity index (χ4v) is 3.02. The van der Waals surface area contributed by atoms with Crippen LogP contribution in [0.15, 0.2) is 29.3 Å². The summed E-state index contributed by atoms with van der Waals surface area (Å²) in [6.45, 7) is 1.52. The van der Waals surface area contributed by atoms with Crippen molar-refractivity contribution in [2.75, 3.05) is 7.05 Å². The van der Waals surface area contributed by atoms with Gasteiger partial charge in [0.15, 0.2) is 11.6 Å². The number of benzene rings is 1. The van der Waals surface area contributed by atoms with Crippen LogP contribution >= 0.6 is 0 Å². The van der Waals surface area contributed by atoms with E-state index in [4.69, 9.17) is 0 Å². The fourth-order valence-electron chi connectivity index (χ4n) is 1.75. The topological polar surface area (TPSA) is 66.1 Å². The molecule has 8 heteroatoms. The molecule has 0 amide bonds. The number of hydrogen-bond acceptors (Lipinski definition) is 3. The van der Waals surface area contributed by atoms with Crippen LogP contribution in [-0.2, 0) is 16.6 Å². The molecule has 2 aromatic rings. The smallest absolute Gasteiger partial charge is 0.246 e. The largest absolute Gasteiger partial charge is 0.281 e. The summed E-state index contributed by atoms with van der Waals surface area (Å²) in [5, 5.41) is 6.21. The summed E-state index contributed by atoms with van der Waals surface area (Å²) in [6, 6.07) is 3.28. The number of aromatic amines is 1. The fraction of sp³-hybridized carbons (Fsp3) is 0.250. The maximum atomic E-state index is 13.1. The molecule has 0 bridgehead atoms. The normalized spacial score (nSPS) is 12.1. The van der Waals surface area contributed by atoms with Gasteiger partial charge in [-0.05, 0) is 24.6 Å². The van der Waals surface area contributed by atoms with E-state index in [-0.39, 0.29) is 11.4 Å². The summed E-state index contributed by atoms with van der Waals surface area (Å²) >= 11 is 0. The molecule has 1 N–H and O–H groups in total. The van der Waals surface area contributed by atoms with E-state index in [1.54, 1.807) is 6.92 Å². The van der Waals surface area contributed by atoms with E-state index in [1.165, 1.54) is 19.3 Å². The van der Waals surface area contributed by atoms with Crippen LogP contribution in [-0.4, -0.2) is 30.0 Å². The van der Waals surface area contributed by atoms with Crippen molar-refractivity contribution in [1.82, 2.24) is 14.5 Å². The average molecular weight is 301 g/mol. The van der Waals surface area contributed by atoms with E-state index in [0.717, 1.165) is 16.4 Å². The Labute approximate surface area is 115 Å². The molecular formula is C12H13F2N3O2S. The van der Waals surface area contributed by atoms with Gasteiger partial charge in [0, 0.05) is 13.6 Å². The van der Waals surface area contributed by atoms with Crippen LogP contribution in [0.2, 0.25) is 0 Å². The van der Waals surface area contributed by atoms with Crippen LogP contribution in [0, 0.1) is 18.6 Å². The Morgan fingerprint density at radius 2 is 2.00 bits per heavy atom. The van der Waals surface area contributed by atoms with Crippen molar-refractivity contribution in [3.05, 3.63) is 47.3 Å². The van der Waals surface area contributed by atoms with Gasteiger partial charge in [0.2, 0.25) is 10.0 Å². The molecule has 0 saturated heterocycles. The Kier molecular flexibility index (Phi) is 3.87. The minimum atomic E-state index is -3.72. The maximum Gasteiger partial charge on any atom is 0.246 e. The van der Waals surface area contributed by atoms with Gasteiger partial charge < -0.3 is 0 Å². The second-order valence-corrected chi connectivity index (χ2v) is 6.38. The monoisotopic (exact) mass is 301 g/mol. The Hall–Kier alpha value is -1.80.